The van der Waals surface area contributed by atoms with Crippen LogP contribution >= 0.6 is 0 Å². The molecule has 1 aliphatic rings. The molecule has 1 aromatic heterocycles. The molecule has 5 nitrogen and oxygen atoms in total. The van der Waals surface area contributed by atoms with E-state index in [0.29, 0.717) is 12.3 Å². The molecule has 1 aliphatic heterocycles. The van der Waals surface area contributed by atoms with E-state index in [4.69, 9.17) is 5.26 Å². The third kappa shape index (κ3) is 3.34. The Balaban J connectivity index is 2.19. The Morgan fingerprint density at radius 1 is 1.47 bits per heavy atom. The third-order valence-electron chi connectivity index (χ3n) is 3.49. The van der Waals surface area contributed by atoms with Crippen LogP contribution in [-0.4, -0.2) is 37.2 Å². The lowest BCUT2D eigenvalue weighted by Gasteiger charge is -2.33. The Kier molecular flexibility index (Phi) is 4.20. The first-order valence-corrected chi connectivity index (χ1v) is 6.75. The van der Waals surface area contributed by atoms with E-state index in [1.54, 1.807) is 0 Å². The Labute approximate surface area is 114 Å². The first-order chi connectivity index (χ1) is 9.10. The van der Waals surface area contributed by atoms with Crippen molar-refractivity contribution in [3.63, 3.8) is 0 Å². The maximum Gasteiger partial charge on any atom is 0.134 e. The number of hydrogen-bond donors (Lipinski definition) is 0. The van der Waals surface area contributed by atoms with Crippen molar-refractivity contribution >= 4 is 11.6 Å². The zero-order valence-electron chi connectivity index (χ0n) is 11.9. The largest absolute Gasteiger partial charge is 0.363 e. The van der Waals surface area contributed by atoms with Crippen LogP contribution in [0.2, 0.25) is 0 Å². The van der Waals surface area contributed by atoms with E-state index in [0.717, 1.165) is 43.4 Å². The molecule has 0 amide bonds. The Bertz CT molecular complexity index is 477. The van der Waals surface area contributed by atoms with Crippen LogP contribution in [0.3, 0.4) is 0 Å². The number of nitriles is 1. The van der Waals surface area contributed by atoms with E-state index in [-0.39, 0.29) is 0 Å². The molecule has 102 valence electrons. The second kappa shape index (κ2) is 5.87. The number of piperidine rings is 1. The molecule has 0 radical (unpaired) electrons. The van der Waals surface area contributed by atoms with Crippen LogP contribution in [0, 0.1) is 24.2 Å². The fourth-order valence-electron chi connectivity index (χ4n) is 2.50. The Morgan fingerprint density at radius 2 is 2.26 bits per heavy atom. The molecule has 1 unspecified atom stereocenters. The minimum absolute atomic E-state index is 0.469. The molecule has 0 aromatic carbocycles. The van der Waals surface area contributed by atoms with E-state index < -0.39 is 0 Å². The molecule has 1 saturated heterocycles. The fraction of sp³-hybridized carbons (Fsp3) is 0.643. The molecule has 19 heavy (non-hydrogen) atoms. The van der Waals surface area contributed by atoms with Crippen molar-refractivity contribution in [2.45, 2.75) is 26.2 Å². The molecular formula is C14H21N5. The number of nitrogens with zero attached hydrogens (tertiary/aromatic N) is 5. The number of aromatic nitrogens is 2. The smallest absolute Gasteiger partial charge is 0.134 e. The first kappa shape index (κ1) is 13.6. The fourth-order valence-corrected chi connectivity index (χ4v) is 2.50. The van der Waals surface area contributed by atoms with Crippen molar-refractivity contribution < 1.29 is 0 Å². The van der Waals surface area contributed by atoms with Gasteiger partial charge in [0.05, 0.1) is 6.07 Å². The second-order valence-corrected chi connectivity index (χ2v) is 5.34. The van der Waals surface area contributed by atoms with Gasteiger partial charge in [0.2, 0.25) is 0 Å². The molecule has 0 saturated carbocycles. The third-order valence-corrected chi connectivity index (χ3v) is 3.49. The van der Waals surface area contributed by atoms with Crippen molar-refractivity contribution in [2.24, 2.45) is 5.92 Å². The summed E-state index contributed by atoms with van der Waals surface area (Å²) in [6.07, 6.45) is 2.92. The van der Waals surface area contributed by atoms with Gasteiger partial charge >= 0.3 is 0 Å². The summed E-state index contributed by atoms with van der Waals surface area (Å²) >= 11 is 0. The summed E-state index contributed by atoms with van der Waals surface area (Å²) in [5.41, 5.74) is 0. The topological polar surface area (TPSA) is 56.1 Å². The number of anilines is 2. The zero-order chi connectivity index (χ0) is 13.8. The Morgan fingerprint density at radius 3 is 2.95 bits per heavy atom. The van der Waals surface area contributed by atoms with E-state index in [1.165, 1.54) is 0 Å². The SMILES string of the molecule is Cc1nc(N(C)C)cc(N2CCCC(CC#N)C2)n1. The first-order valence-electron chi connectivity index (χ1n) is 6.75. The maximum absolute atomic E-state index is 8.84. The van der Waals surface area contributed by atoms with Gasteiger partial charge in [-0.1, -0.05) is 0 Å². The summed E-state index contributed by atoms with van der Waals surface area (Å²) in [5.74, 6) is 3.18. The summed E-state index contributed by atoms with van der Waals surface area (Å²) in [6, 6.07) is 4.31. The standard InChI is InChI=1S/C14H21N5/c1-11-16-13(18(2)3)9-14(17-11)19-8-4-5-12(10-19)6-7-15/h9,12H,4-6,8,10H2,1-3H3. The van der Waals surface area contributed by atoms with Gasteiger partial charge < -0.3 is 9.80 Å². The van der Waals surface area contributed by atoms with Crippen LogP contribution in [0.4, 0.5) is 11.6 Å². The molecule has 2 heterocycles. The molecule has 1 atom stereocenters. The Hall–Kier alpha value is -1.83. The van der Waals surface area contributed by atoms with Gasteiger partial charge in [0, 0.05) is 39.7 Å². The van der Waals surface area contributed by atoms with Crippen LogP contribution < -0.4 is 9.80 Å². The summed E-state index contributed by atoms with van der Waals surface area (Å²) < 4.78 is 0. The molecule has 1 aromatic rings. The highest BCUT2D eigenvalue weighted by Gasteiger charge is 2.21. The number of rotatable bonds is 3. The average Bonchev–Trinajstić information content (AvgIpc) is 2.38. The summed E-state index contributed by atoms with van der Waals surface area (Å²) in [4.78, 5) is 13.2. The summed E-state index contributed by atoms with van der Waals surface area (Å²) in [6.45, 7) is 3.87. The highest BCUT2D eigenvalue weighted by molar-refractivity contribution is 5.50. The minimum Gasteiger partial charge on any atom is -0.363 e. The van der Waals surface area contributed by atoms with Gasteiger partial charge in [0.25, 0.3) is 0 Å². The van der Waals surface area contributed by atoms with E-state index >= 15 is 0 Å². The van der Waals surface area contributed by atoms with Crippen molar-refractivity contribution in [3.8, 4) is 6.07 Å². The van der Waals surface area contributed by atoms with Gasteiger partial charge in [-0.25, -0.2) is 9.97 Å². The molecule has 0 bridgehead atoms. The average molecular weight is 259 g/mol. The molecule has 0 aliphatic carbocycles. The zero-order valence-corrected chi connectivity index (χ0v) is 11.9. The van der Waals surface area contributed by atoms with Crippen LogP contribution in [-0.2, 0) is 0 Å². The van der Waals surface area contributed by atoms with Crippen LogP contribution in [0.1, 0.15) is 25.1 Å². The van der Waals surface area contributed by atoms with Gasteiger partial charge in [-0.05, 0) is 25.7 Å². The normalized spacial score (nSPS) is 19.1. The van der Waals surface area contributed by atoms with E-state index in [9.17, 15) is 0 Å². The second-order valence-electron chi connectivity index (χ2n) is 5.34. The molecule has 0 N–H and O–H groups in total. The molecular weight excluding hydrogens is 238 g/mol. The maximum atomic E-state index is 8.84. The monoisotopic (exact) mass is 259 g/mol. The molecule has 2 rings (SSSR count). The van der Waals surface area contributed by atoms with E-state index in [2.05, 4.69) is 20.9 Å². The van der Waals surface area contributed by atoms with Crippen LogP contribution in [0.5, 0.6) is 0 Å². The predicted molar refractivity (Wildman–Crippen MR) is 76.3 cm³/mol. The minimum atomic E-state index is 0.469. The molecule has 5 heteroatoms. The number of aryl methyl sites for hydroxylation is 1. The van der Waals surface area contributed by atoms with Gasteiger partial charge in [-0.2, -0.15) is 5.26 Å². The van der Waals surface area contributed by atoms with Gasteiger partial charge in [-0.15, -0.1) is 0 Å². The highest BCUT2D eigenvalue weighted by Crippen LogP contribution is 2.25. The van der Waals surface area contributed by atoms with E-state index in [1.807, 2.05) is 32.0 Å². The molecule has 0 spiro atoms. The van der Waals surface area contributed by atoms with Gasteiger partial charge in [0.1, 0.15) is 17.5 Å². The van der Waals surface area contributed by atoms with Gasteiger partial charge in [0.15, 0.2) is 0 Å². The summed E-state index contributed by atoms with van der Waals surface area (Å²) in [5, 5.41) is 8.84. The van der Waals surface area contributed by atoms with Crippen LogP contribution in [0.25, 0.3) is 0 Å². The lowest BCUT2D eigenvalue weighted by molar-refractivity contribution is 0.420. The highest BCUT2D eigenvalue weighted by atomic mass is 15.2. The van der Waals surface area contributed by atoms with Crippen molar-refractivity contribution in [1.29, 1.82) is 5.26 Å². The number of hydrogen-bond acceptors (Lipinski definition) is 5. The van der Waals surface area contributed by atoms with Gasteiger partial charge in [-0.3, -0.25) is 0 Å². The lowest BCUT2D eigenvalue weighted by atomic mass is 9.95. The lowest BCUT2D eigenvalue weighted by Crippen LogP contribution is -2.36. The molecule has 1 fully saturated rings. The predicted octanol–water partition coefficient (Wildman–Crippen LogP) is 1.98. The van der Waals surface area contributed by atoms with Crippen molar-refractivity contribution in [3.05, 3.63) is 11.9 Å². The van der Waals surface area contributed by atoms with Crippen LogP contribution in [0.15, 0.2) is 6.07 Å². The summed E-state index contributed by atoms with van der Waals surface area (Å²) in [7, 11) is 3.97. The quantitative estimate of drug-likeness (QED) is 0.830. The van der Waals surface area contributed by atoms with Crippen molar-refractivity contribution in [1.82, 2.24) is 9.97 Å². The van der Waals surface area contributed by atoms with Crippen molar-refractivity contribution in [2.75, 3.05) is 37.0 Å².